The Labute approximate surface area is 135 Å². The van der Waals surface area contributed by atoms with Gasteiger partial charge in [-0.15, -0.1) is 0 Å². The highest BCUT2D eigenvalue weighted by molar-refractivity contribution is 6.30. The van der Waals surface area contributed by atoms with Crippen LogP contribution in [0.25, 0.3) is 0 Å². The number of benzene rings is 2. The van der Waals surface area contributed by atoms with Gasteiger partial charge in [0.05, 0.1) is 5.54 Å². The van der Waals surface area contributed by atoms with Crippen molar-refractivity contribution >= 4 is 23.2 Å². The molecule has 1 amide bonds. The lowest BCUT2D eigenvalue weighted by Crippen LogP contribution is -2.34. The molecule has 0 atom stereocenters. The Morgan fingerprint density at radius 2 is 1.86 bits per heavy atom. The zero-order valence-corrected chi connectivity index (χ0v) is 13.5. The maximum atomic E-state index is 12.6. The fourth-order valence-corrected chi connectivity index (χ4v) is 2.80. The maximum absolute atomic E-state index is 12.6. The number of anilines is 1. The zero-order chi connectivity index (χ0) is 15.7. The molecule has 3 nitrogen and oxygen atoms in total. The quantitative estimate of drug-likeness (QED) is 0.930. The summed E-state index contributed by atoms with van der Waals surface area (Å²) in [5.74, 6) is -0.0406. The molecular formula is C18H19ClN2O. The van der Waals surface area contributed by atoms with Crippen molar-refractivity contribution in [3.05, 3.63) is 64.7 Å². The highest BCUT2D eigenvalue weighted by Gasteiger charge is 2.45. The van der Waals surface area contributed by atoms with Gasteiger partial charge in [0.2, 0.25) is 0 Å². The number of nitrogens with one attached hydrogen (secondary N) is 1. The van der Waals surface area contributed by atoms with Gasteiger partial charge in [0.1, 0.15) is 0 Å². The van der Waals surface area contributed by atoms with E-state index >= 15 is 0 Å². The van der Waals surface area contributed by atoms with Crippen LogP contribution in [-0.4, -0.2) is 20.0 Å². The van der Waals surface area contributed by atoms with Crippen LogP contribution in [0.2, 0.25) is 5.02 Å². The third kappa shape index (κ3) is 2.95. The van der Waals surface area contributed by atoms with Crippen LogP contribution in [0, 0.1) is 0 Å². The highest BCUT2D eigenvalue weighted by atomic mass is 35.5. The van der Waals surface area contributed by atoms with Crippen LogP contribution >= 0.6 is 11.6 Å². The Balaban J connectivity index is 1.81. The molecular weight excluding hydrogens is 296 g/mol. The molecule has 1 fully saturated rings. The van der Waals surface area contributed by atoms with Gasteiger partial charge in [0.15, 0.2) is 0 Å². The van der Waals surface area contributed by atoms with Crippen LogP contribution in [0.5, 0.6) is 0 Å². The molecule has 22 heavy (non-hydrogen) atoms. The van der Waals surface area contributed by atoms with Crippen molar-refractivity contribution in [1.82, 2.24) is 5.32 Å². The van der Waals surface area contributed by atoms with Crippen molar-refractivity contribution in [3.63, 3.8) is 0 Å². The molecule has 3 rings (SSSR count). The van der Waals surface area contributed by atoms with E-state index in [9.17, 15) is 4.79 Å². The van der Waals surface area contributed by atoms with E-state index in [4.69, 9.17) is 11.6 Å². The van der Waals surface area contributed by atoms with Crippen LogP contribution in [-0.2, 0) is 5.54 Å². The second-order valence-electron chi connectivity index (χ2n) is 5.99. The van der Waals surface area contributed by atoms with Gasteiger partial charge in [-0.3, -0.25) is 4.79 Å². The number of amides is 1. The normalized spacial score (nSPS) is 15.2. The van der Waals surface area contributed by atoms with Gasteiger partial charge < -0.3 is 10.2 Å². The summed E-state index contributed by atoms with van der Waals surface area (Å²) < 4.78 is 0. The Morgan fingerprint density at radius 3 is 2.50 bits per heavy atom. The molecule has 0 saturated heterocycles. The average molecular weight is 315 g/mol. The molecule has 114 valence electrons. The number of hydrogen-bond acceptors (Lipinski definition) is 2. The van der Waals surface area contributed by atoms with Crippen molar-refractivity contribution in [2.75, 3.05) is 19.0 Å². The molecule has 0 spiro atoms. The fourth-order valence-electron chi connectivity index (χ4n) is 2.61. The van der Waals surface area contributed by atoms with Gasteiger partial charge >= 0.3 is 0 Å². The minimum absolute atomic E-state index is 0.0406. The SMILES string of the molecule is CN(C)c1cccc(C(=O)NC2(c3cccc(Cl)c3)CC2)c1. The lowest BCUT2D eigenvalue weighted by atomic mass is 10.0. The average Bonchev–Trinajstić information content (AvgIpc) is 3.28. The molecule has 1 N–H and O–H groups in total. The largest absolute Gasteiger partial charge is 0.378 e. The topological polar surface area (TPSA) is 32.3 Å². The van der Waals surface area contributed by atoms with Crippen molar-refractivity contribution < 1.29 is 4.79 Å². The monoisotopic (exact) mass is 314 g/mol. The van der Waals surface area contributed by atoms with Crippen LogP contribution in [0.15, 0.2) is 48.5 Å². The number of hydrogen-bond donors (Lipinski definition) is 1. The second kappa shape index (κ2) is 5.65. The molecule has 0 heterocycles. The van der Waals surface area contributed by atoms with Crippen molar-refractivity contribution in [2.24, 2.45) is 0 Å². The molecule has 0 aromatic heterocycles. The summed E-state index contributed by atoms with van der Waals surface area (Å²) in [6.45, 7) is 0. The third-order valence-corrected chi connectivity index (χ3v) is 4.34. The lowest BCUT2D eigenvalue weighted by Gasteiger charge is -2.19. The van der Waals surface area contributed by atoms with Crippen molar-refractivity contribution in [3.8, 4) is 0 Å². The molecule has 1 aliphatic rings. The molecule has 4 heteroatoms. The molecule has 0 radical (unpaired) electrons. The molecule has 0 aliphatic heterocycles. The van der Waals surface area contributed by atoms with Gasteiger partial charge in [-0.05, 0) is 48.7 Å². The van der Waals surface area contributed by atoms with Crippen molar-refractivity contribution in [1.29, 1.82) is 0 Å². The predicted molar refractivity (Wildman–Crippen MR) is 90.6 cm³/mol. The molecule has 0 unspecified atom stereocenters. The van der Waals surface area contributed by atoms with E-state index in [-0.39, 0.29) is 11.4 Å². The zero-order valence-electron chi connectivity index (χ0n) is 12.8. The summed E-state index contributed by atoms with van der Waals surface area (Å²) in [5.41, 5.74) is 2.52. The third-order valence-electron chi connectivity index (χ3n) is 4.10. The Hall–Kier alpha value is -2.00. The number of carbonyl (C=O) groups excluding carboxylic acids is 1. The Morgan fingerprint density at radius 1 is 1.14 bits per heavy atom. The first-order valence-electron chi connectivity index (χ1n) is 7.36. The summed E-state index contributed by atoms with van der Waals surface area (Å²) >= 11 is 6.07. The number of halogens is 1. The van der Waals surface area contributed by atoms with E-state index < -0.39 is 0 Å². The lowest BCUT2D eigenvalue weighted by molar-refractivity contribution is 0.0931. The first kappa shape index (κ1) is 14.9. The molecule has 1 saturated carbocycles. The Kier molecular flexibility index (Phi) is 3.83. The van der Waals surface area contributed by atoms with E-state index in [0.717, 1.165) is 24.1 Å². The molecule has 2 aromatic carbocycles. The minimum atomic E-state index is -0.254. The fraction of sp³-hybridized carbons (Fsp3) is 0.278. The molecule has 1 aliphatic carbocycles. The van der Waals surface area contributed by atoms with Crippen LogP contribution in [0.1, 0.15) is 28.8 Å². The van der Waals surface area contributed by atoms with Gasteiger partial charge in [0, 0.05) is 30.4 Å². The van der Waals surface area contributed by atoms with Gasteiger partial charge in [0.25, 0.3) is 5.91 Å². The van der Waals surface area contributed by atoms with Crippen LogP contribution < -0.4 is 10.2 Å². The highest BCUT2D eigenvalue weighted by Crippen LogP contribution is 2.46. The summed E-state index contributed by atoms with van der Waals surface area (Å²) in [6, 6.07) is 15.4. The maximum Gasteiger partial charge on any atom is 0.252 e. The van der Waals surface area contributed by atoms with Crippen LogP contribution in [0.4, 0.5) is 5.69 Å². The first-order chi connectivity index (χ1) is 10.5. The van der Waals surface area contributed by atoms with E-state index in [0.29, 0.717) is 10.6 Å². The van der Waals surface area contributed by atoms with E-state index in [2.05, 4.69) is 5.32 Å². The van der Waals surface area contributed by atoms with E-state index in [1.165, 1.54) is 0 Å². The smallest absolute Gasteiger partial charge is 0.252 e. The van der Waals surface area contributed by atoms with Gasteiger partial charge in [-0.25, -0.2) is 0 Å². The summed E-state index contributed by atoms with van der Waals surface area (Å²) in [5, 5.41) is 3.88. The van der Waals surface area contributed by atoms with E-state index in [1.807, 2.05) is 67.5 Å². The Bertz CT molecular complexity index is 708. The van der Waals surface area contributed by atoms with Crippen LogP contribution in [0.3, 0.4) is 0 Å². The number of rotatable bonds is 4. The van der Waals surface area contributed by atoms with Gasteiger partial charge in [-0.1, -0.05) is 29.8 Å². The first-order valence-corrected chi connectivity index (χ1v) is 7.74. The molecule has 2 aromatic rings. The number of nitrogens with zero attached hydrogens (tertiary/aromatic N) is 1. The van der Waals surface area contributed by atoms with Gasteiger partial charge in [-0.2, -0.15) is 0 Å². The summed E-state index contributed by atoms with van der Waals surface area (Å²) in [7, 11) is 3.93. The standard InChI is InChI=1S/C18H19ClN2O/c1-21(2)16-8-3-5-13(11-16)17(22)20-18(9-10-18)14-6-4-7-15(19)12-14/h3-8,11-12H,9-10H2,1-2H3,(H,20,22). The summed E-state index contributed by atoms with van der Waals surface area (Å²) in [4.78, 5) is 14.6. The van der Waals surface area contributed by atoms with E-state index in [1.54, 1.807) is 0 Å². The van der Waals surface area contributed by atoms with Crippen molar-refractivity contribution in [2.45, 2.75) is 18.4 Å². The minimum Gasteiger partial charge on any atom is -0.378 e. The second-order valence-corrected chi connectivity index (χ2v) is 6.43. The summed E-state index contributed by atoms with van der Waals surface area (Å²) in [6.07, 6.45) is 1.90. The predicted octanol–water partition coefficient (Wildman–Crippen LogP) is 3.83. The number of carbonyl (C=O) groups is 1. The molecule has 0 bridgehead atoms.